The van der Waals surface area contributed by atoms with Crippen molar-refractivity contribution in [3.8, 4) is 11.5 Å². The fourth-order valence-electron chi connectivity index (χ4n) is 2.60. The molecule has 4 nitrogen and oxygen atoms in total. The predicted octanol–water partition coefficient (Wildman–Crippen LogP) is 4.80. The Hall–Kier alpha value is -2.63. The zero-order chi connectivity index (χ0) is 19.6. The fourth-order valence-corrected chi connectivity index (χ4v) is 2.60. The molecule has 2 rings (SSSR count). The van der Waals surface area contributed by atoms with Gasteiger partial charge in [0.1, 0.15) is 11.5 Å². The molecule has 0 atom stereocenters. The number of carbonyl (C=O) groups excluding carboxylic acids is 1. The van der Waals surface area contributed by atoms with E-state index in [9.17, 15) is 13.6 Å². The maximum atomic E-state index is 12.2. The second-order valence-electron chi connectivity index (χ2n) is 6.39. The molecule has 0 aliphatic heterocycles. The van der Waals surface area contributed by atoms with E-state index in [0.717, 1.165) is 29.7 Å². The number of alkyl halides is 2. The summed E-state index contributed by atoms with van der Waals surface area (Å²) in [5.41, 5.74) is 2.01. The van der Waals surface area contributed by atoms with Crippen LogP contribution in [0.3, 0.4) is 0 Å². The number of unbranched alkanes of at least 4 members (excludes halogenated alkanes) is 1. The molecule has 0 heterocycles. The Bertz CT molecular complexity index is 720. The highest BCUT2D eigenvalue weighted by atomic mass is 19.3. The average Bonchev–Trinajstić information content (AvgIpc) is 2.62. The van der Waals surface area contributed by atoms with Gasteiger partial charge in [-0.1, -0.05) is 24.3 Å². The number of hydrogen-bond donors (Lipinski definition) is 0. The van der Waals surface area contributed by atoms with Crippen LogP contribution in [0.25, 0.3) is 0 Å². The van der Waals surface area contributed by atoms with Crippen LogP contribution in [0.15, 0.2) is 48.5 Å². The van der Waals surface area contributed by atoms with Crippen LogP contribution in [0.2, 0.25) is 0 Å². The summed E-state index contributed by atoms with van der Waals surface area (Å²) in [5.74, 6) is 0.993. The number of rotatable bonds is 10. The molecule has 1 amide bonds. The van der Waals surface area contributed by atoms with Crippen LogP contribution < -0.4 is 9.47 Å². The lowest BCUT2D eigenvalue weighted by Gasteiger charge is -2.17. The van der Waals surface area contributed by atoms with Crippen LogP contribution in [0.4, 0.5) is 8.78 Å². The number of amides is 1. The van der Waals surface area contributed by atoms with Crippen LogP contribution in [-0.2, 0) is 11.3 Å². The maximum Gasteiger partial charge on any atom is 0.387 e. The van der Waals surface area contributed by atoms with E-state index in [-0.39, 0.29) is 11.7 Å². The molecule has 0 N–H and O–H groups in total. The highest BCUT2D eigenvalue weighted by Crippen LogP contribution is 2.16. The molecular formula is C21H25F2NO3. The minimum absolute atomic E-state index is 0.0402. The third kappa shape index (κ3) is 7.64. The molecular weight excluding hydrogens is 352 g/mol. The van der Waals surface area contributed by atoms with E-state index in [1.807, 2.05) is 31.2 Å². The van der Waals surface area contributed by atoms with Gasteiger partial charge in [0.15, 0.2) is 0 Å². The Kier molecular flexibility index (Phi) is 8.04. The molecule has 0 spiro atoms. The molecule has 2 aromatic carbocycles. The van der Waals surface area contributed by atoms with E-state index in [1.165, 1.54) is 12.1 Å². The van der Waals surface area contributed by atoms with Crippen molar-refractivity contribution in [3.63, 3.8) is 0 Å². The van der Waals surface area contributed by atoms with Crippen LogP contribution in [0.1, 0.15) is 30.4 Å². The van der Waals surface area contributed by atoms with Crippen LogP contribution in [0.5, 0.6) is 11.5 Å². The first-order chi connectivity index (χ1) is 12.9. The molecule has 6 heteroatoms. The number of hydrogen-bond acceptors (Lipinski definition) is 3. The van der Waals surface area contributed by atoms with E-state index in [1.54, 1.807) is 24.1 Å². The van der Waals surface area contributed by atoms with Gasteiger partial charge in [0.25, 0.3) is 0 Å². The molecule has 0 bridgehead atoms. The summed E-state index contributed by atoms with van der Waals surface area (Å²) in [4.78, 5) is 13.8. The summed E-state index contributed by atoms with van der Waals surface area (Å²) in [6.45, 7) is 0.176. The van der Waals surface area contributed by atoms with Crippen molar-refractivity contribution in [3.05, 3.63) is 59.7 Å². The van der Waals surface area contributed by atoms with Gasteiger partial charge in [-0.05, 0) is 55.2 Å². The minimum atomic E-state index is -2.84. The van der Waals surface area contributed by atoms with Gasteiger partial charge >= 0.3 is 6.61 Å². The summed E-state index contributed by atoms with van der Waals surface area (Å²) < 4.78 is 34.3. The summed E-state index contributed by atoms with van der Waals surface area (Å²) in [7, 11) is 1.73. The van der Waals surface area contributed by atoms with Crippen molar-refractivity contribution in [2.24, 2.45) is 0 Å². The van der Waals surface area contributed by atoms with Crippen LogP contribution >= 0.6 is 0 Å². The van der Waals surface area contributed by atoms with Gasteiger partial charge in [-0.3, -0.25) is 4.79 Å². The average molecular weight is 377 g/mol. The van der Waals surface area contributed by atoms with Gasteiger partial charge in [-0.2, -0.15) is 8.78 Å². The number of halogens is 2. The highest BCUT2D eigenvalue weighted by molar-refractivity contribution is 5.75. The van der Waals surface area contributed by atoms with Crippen molar-refractivity contribution in [2.45, 2.75) is 39.3 Å². The molecule has 0 aliphatic carbocycles. The van der Waals surface area contributed by atoms with Gasteiger partial charge in [-0.25, -0.2) is 0 Å². The van der Waals surface area contributed by atoms with E-state index in [4.69, 9.17) is 4.74 Å². The third-order valence-corrected chi connectivity index (χ3v) is 4.04. The molecule has 0 fully saturated rings. The second kappa shape index (κ2) is 10.5. The molecule has 146 valence electrons. The van der Waals surface area contributed by atoms with Gasteiger partial charge in [-0.15, -0.1) is 0 Å². The standard InChI is InChI=1S/C21H25F2NO3/c1-16-6-5-7-19(14-16)26-13-4-3-8-20(25)24(2)15-17-9-11-18(12-10-17)27-21(22)23/h5-7,9-12,14,21H,3-4,8,13,15H2,1-2H3. The van der Waals surface area contributed by atoms with Crippen molar-refractivity contribution in [1.82, 2.24) is 4.90 Å². The molecule has 0 radical (unpaired) electrons. The van der Waals surface area contributed by atoms with Crippen LogP contribution in [0, 0.1) is 6.92 Å². The van der Waals surface area contributed by atoms with E-state index in [0.29, 0.717) is 19.6 Å². The summed E-state index contributed by atoms with van der Waals surface area (Å²) in [5, 5.41) is 0. The second-order valence-corrected chi connectivity index (χ2v) is 6.39. The van der Waals surface area contributed by atoms with Crippen LogP contribution in [-0.4, -0.2) is 31.1 Å². The van der Waals surface area contributed by atoms with E-state index >= 15 is 0 Å². The lowest BCUT2D eigenvalue weighted by atomic mass is 10.2. The molecule has 2 aromatic rings. The summed E-state index contributed by atoms with van der Waals surface area (Å²) in [6, 6.07) is 14.2. The number of carbonyl (C=O) groups is 1. The summed E-state index contributed by atoms with van der Waals surface area (Å²) in [6.07, 6.45) is 1.99. The topological polar surface area (TPSA) is 38.8 Å². The Morgan fingerprint density at radius 3 is 2.48 bits per heavy atom. The van der Waals surface area contributed by atoms with Gasteiger partial charge in [0.05, 0.1) is 6.61 Å². The normalized spacial score (nSPS) is 10.7. The molecule has 0 unspecified atom stereocenters. The Labute approximate surface area is 158 Å². The lowest BCUT2D eigenvalue weighted by molar-refractivity contribution is -0.130. The maximum absolute atomic E-state index is 12.2. The number of benzene rings is 2. The van der Waals surface area contributed by atoms with Gasteiger partial charge < -0.3 is 14.4 Å². The molecule has 0 saturated carbocycles. The number of ether oxygens (including phenoxy) is 2. The zero-order valence-corrected chi connectivity index (χ0v) is 15.7. The molecule has 0 aliphatic rings. The Morgan fingerprint density at radius 2 is 1.81 bits per heavy atom. The molecule has 0 aromatic heterocycles. The van der Waals surface area contributed by atoms with E-state index in [2.05, 4.69) is 4.74 Å². The quantitative estimate of drug-likeness (QED) is 0.558. The lowest BCUT2D eigenvalue weighted by Crippen LogP contribution is -2.25. The first-order valence-corrected chi connectivity index (χ1v) is 8.91. The van der Waals surface area contributed by atoms with Crippen molar-refractivity contribution in [2.75, 3.05) is 13.7 Å². The summed E-state index contributed by atoms with van der Waals surface area (Å²) >= 11 is 0. The predicted molar refractivity (Wildman–Crippen MR) is 100 cm³/mol. The zero-order valence-electron chi connectivity index (χ0n) is 15.7. The largest absolute Gasteiger partial charge is 0.494 e. The van der Waals surface area contributed by atoms with Crippen molar-refractivity contribution >= 4 is 5.91 Å². The molecule has 27 heavy (non-hydrogen) atoms. The monoisotopic (exact) mass is 377 g/mol. The smallest absolute Gasteiger partial charge is 0.387 e. The van der Waals surface area contributed by atoms with Gasteiger partial charge in [0, 0.05) is 20.0 Å². The van der Waals surface area contributed by atoms with E-state index < -0.39 is 6.61 Å². The highest BCUT2D eigenvalue weighted by Gasteiger charge is 2.10. The minimum Gasteiger partial charge on any atom is -0.494 e. The van der Waals surface area contributed by atoms with Crippen molar-refractivity contribution < 1.29 is 23.0 Å². The van der Waals surface area contributed by atoms with Gasteiger partial charge in [0.2, 0.25) is 5.91 Å². The fraction of sp³-hybridized carbons (Fsp3) is 0.381. The number of aryl methyl sites for hydroxylation is 1. The SMILES string of the molecule is Cc1cccc(OCCCCC(=O)N(C)Cc2ccc(OC(F)F)cc2)c1. The third-order valence-electron chi connectivity index (χ3n) is 4.04. The Balaban J connectivity index is 1.66. The first kappa shape index (κ1) is 20.7. The first-order valence-electron chi connectivity index (χ1n) is 8.91. The molecule has 0 saturated heterocycles. The van der Waals surface area contributed by atoms with Crippen molar-refractivity contribution in [1.29, 1.82) is 0 Å². The Morgan fingerprint density at radius 1 is 1.07 bits per heavy atom. The number of nitrogens with zero attached hydrogens (tertiary/aromatic N) is 1.